The zero-order chi connectivity index (χ0) is 9.84. The predicted molar refractivity (Wildman–Crippen MR) is 52.2 cm³/mol. The summed E-state index contributed by atoms with van der Waals surface area (Å²) in [6, 6.07) is 7.27. The molecule has 0 amide bonds. The van der Waals surface area contributed by atoms with Gasteiger partial charge in [0, 0.05) is 16.4 Å². The molecule has 14 heavy (non-hydrogen) atoms. The molecule has 1 atom stereocenters. The van der Waals surface area contributed by atoms with Crippen molar-refractivity contribution in [1.29, 1.82) is 0 Å². The molecule has 1 aromatic carbocycles. The Balaban J connectivity index is 0.00000169. The van der Waals surface area contributed by atoms with Crippen molar-refractivity contribution in [3.63, 3.8) is 0 Å². The summed E-state index contributed by atoms with van der Waals surface area (Å²) in [5.41, 5.74) is 0.797. The molecule has 2 nitrogen and oxygen atoms in total. The number of carboxylic acids is 1. The van der Waals surface area contributed by atoms with E-state index in [1.165, 1.54) is 0 Å². The number of carboxylic acid groups (broad SMARTS) is 1. The topological polar surface area (TPSA) is 40.1 Å². The van der Waals surface area contributed by atoms with Crippen LogP contribution in [-0.4, -0.2) is 5.97 Å². The molecule has 0 saturated heterocycles. The Morgan fingerprint density at radius 3 is 2.29 bits per heavy atom. The van der Waals surface area contributed by atoms with Gasteiger partial charge >= 0.3 is 29.6 Å². The fourth-order valence-corrected chi connectivity index (χ4v) is 1.50. The number of hydrogen-bond acceptors (Lipinski definition) is 2. The van der Waals surface area contributed by atoms with Crippen LogP contribution in [0.4, 0.5) is 0 Å². The van der Waals surface area contributed by atoms with Crippen LogP contribution in [0.5, 0.6) is 0 Å². The molecule has 0 radical (unpaired) electrons. The summed E-state index contributed by atoms with van der Waals surface area (Å²) >= 11 is 3.29. The van der Waals surface area contributed by atoms with E-state index >= 15 is 0 Å². The molecule has 0 aliphatic heterocycles. The maximum atomic E-state index is 10.7. The Bertz CT molecular complexity index is 297. The Morgan fingerprint density at radius 1 is 1.43 bits per heavy atom. The summed E-state index contributed by atoms with van der Waals surface area (Å²) < 4.78 is 0.949. The van der Waals surface area contributed by atoms with Gasteiger partial charge in [0.25, 0.3) is 0 Å². The maximum Gasteiger partial charge on any atom is 1.00 e. The third kappa shape index (κ3) is 3.73. The summed E-state index contributed by atoms with van der Waals surface area (Å²) in [6.07, 6.45) is 0.559. The second-order valence-electron chi connectivity index (χ2n) is 2.83. The van der Waals surface area contributed by atoms with Crippen LogP contribution in [0, 0.1) is 0 Å². The molecule has 0 aromatic heterocycles. The first kappa shape index (κ1) is 14.2. The monoisotopic (exact) mass is 264 g/mol. The van der Waals surface area contributed by atoms with E-state index in [0.717, 1.165) is 10.0 Å². The molecular weight excluding hydrogens is 255 g/mol. The third-order valence-electron chi connectivity index (χ3n) is 1.97. The zero-order valence-electron chi connectivity index (χ0n) is 8.29. The van der Waals surface area contributed by atoms with Crippen molar-refractivity contribution in [3.8, 4) is 0 Å². The maximum absolute atomic E-state index is 10.7. The standard InChI is InChI=1S/C10H11BrO2.Na/c1-2-9(10(12)13)7-3-5-8(11)6-4-7;/h3-6,9H,2H2,1H3,(H,12,13);/q;+1/p-1. The van der Waals surface area contributed by atoms with Gasteiger partial charge in [-0.3, -0.25) is 0 Å². The molecule has 0 saturated carbocycles. The summed E-state index contributed by atoms with van der Waals surface area (Å²) in [6.45, 7) is 1.84. The minimum Gasteiger partial charge on any atom is -0.549 e. The number of carbonyl (C=O) groups is 1. The van der Waals surface area contributed by atoms with E-state index in [9.17, 15) is 9.90 Å². The SMILES string of the molecule is CCC(C(=O)[O-])c1ccc(Br)cc1.[Na+]. The molecule has 0 heterocycles. The van der Waals surface area contributed by atoms with Gasteiger partial charge in [-0.1, -0.05) is 35.0 Å². The Kier molecular flexibility index (Phi) is 6.70. The number of halogens is 1. The van der Waals surface area contributed by atoms with Gasteiger partial charge in [0.15, 0.2) is 0 Å². The van der Waals surface area contributed by atoms with Crippen molar-refractivity contribution >= 4 is 21.9 Å². The molecule has 0 aliphatic carbocycles. The van der Waals surface area contributed by atoms with Gasteiger partial charge in [0.05, 0.1) is 0 Å². The van der Waals surface area contributed by atoms with Crippen molar-refractivity contribution in [1.82, 2.24) is 0 Å². The molecule has 4 heteroatoms. The summed E-state index contributed by atoms with van der Waals surface area (Å²) in [5.74, 6) is -1.50. The van der Waals surface area contributed by atoms with E-state index in [1.54, 1.807) is 12.1 Å². The molecular formula is C10H10BrNaO2. The van der Waals surface area contributed by atoms with Gasteiger partial charge in [0.1, 0.15) is 0 Å². The first-order chi connectivity index (χ1) is 6.15. The normalized spacial score (nSPS) is 11.6. The van der Waals surface area contributed by atoms with Gasteiger partial charge < -0.3 is 9.90 Å². The van der Waals surface area contributed by atoms with Crippen LogP contribution in [0.2, 0.25) is 0 Å². The third-order valence-corrected chi connectivity index (χ3v) is 2.49. The largest absolute Gasteiger partial charge is 1.00 e. The molecule has 0 aliphatic rings. The van der Waals surface area contributed by atoms with Gasteiger partial charge in [0.2, 0.25) is 0 Å². The minimum absolute atomic E-state index is 0. The van der Waals surface area contributed by atoms with Gasteiger partial charge in [-0.15, -0.1) is 0 Å². The van der Waals surface area contributed by atoms with Crippen LogP contribution in [0.3, 0.4) is 0 Å². The van der Waals surface area contributed by atoms with Crippen LogP contribution in [0.1, 0.15) is 24.8 Å². The van der Waals surface area contributed by atoms with Gasteiger partial charge in [-0.05, 0) is 24.1 Å². The first-order valence-electron chi connectivity index (χ1n) is 4.11. The molecule has 0 bridgehead atoms. The molecule has 0 fully saturated rings. The molecule has 0 N–H and O–H groups in total. The van der Waals surface area contributed by atoms with Crippen molar-refractivity contribution in [2.45, 2.75) is 19.3 Å². The van der Waals surface area contributed by atoms with Crippen molar-refractivity contribution < 1.29 is 39.5 Å². The van der Waals surface area contributed by atoms with E-state index in [2.05, 4.69) is 15.9 Å². The Labute approximate surface area is 114 Å². The van der Waals surface area contributed by atoms with Crippen LogP contribution in [0.25, 0.3) is 0 Å². The fourth-order valence-electron chi connectivity index (χ4n) is 1.23. The number of aliphatic carboxylic acids is 1. The first-order valence-corrected chi connectivity index (χ1v) is 4.90. The smallest absolute Gasteiger partial charge is 0.549 e. The second kappa shape index (κ2) is 6.62. The van der Waals surface area contributed by atoms with E-state index in [-0.39, 0.29) is 29.6 Å². The summed E-state index contributed by atoms with van der Waals surface area (Å²) in [4.78, 5) is 10.7. The van der Waals surface area contributed by atoms with Crippen molar-refractivity contribution in [3.05, 3.63) is 34.3 Å². The number of rotatable bonds is 3. The van der Waals surface area contributed by atoms with Crippen molar-refractivity contribution in [2.75, 3.05) is 0 Å². The van der Waals surface area contributed by atoms with Crippen LogP contribution in [0.15, 0.2) is 28.7 Å². The molecule has 0 spiro atoms. The average Bonchev–Trinajstić information content (AvgIpc) is 2.09. The Morgan fingerprint density at radius 2 is 1.93 bits per heavy atom. The van der Waals surface area contributed by atoms with Crippen molar-refractivity contribution in [2.24, 2.45) is 0 Å². The van der Waals surface area contributed by atoms with E-state index in [4.69, 9.17) is 0 Å². The average molecular weight is 265 g/mol. The second-order valence-corrected chi connectivity index (χ2v) is 3.75. The van der Waals surface area contributed by atoms with E-state index < -0.39 is 11.9 Å². The number of benzene rings is 1. The summed E-state index contributed by atoms with van der Waals surface area (Å²) in [7, 11) is 0. The Hall–Kier alpha value is 0.170. The van der Waals surface area contributed by atoms with E-state index in [1.807, 2.05) is 19.1 Å². The summed E-state index contributed by atoms with van der Waals surface area (Å²) in [5, 5.41) is 10.7. The van der Waals surface area contributed by atoms with Crippen LogP contribution >= 0.6 is 15.9 Å². The predicted octanol–water partition coefficient (Wildman–Crippen LogP) is -1.30. The van der Waals surface area contributed by atoms with Crippen LogP contribution in [-0.2, 0) is 4.79 Å². The molecule has 70 valence electrons. The van der Waals surface area contributed by atoms with Gasteiger partial charge in [-0.2, -0.15) is 0 Å². The number of hydrogen-bond donors (Lipinski definition) is 0. The van der Waals surface area contributed by atoms with E-state index in [0.29, 0.717) is 6.42 Å². The fraction of sp³-hybridized carbons (Fsp3) is 0.300. The minimum atomic E-state index is -1.01. The molecule has 1 aromatic rings. The zero-order valence-corrected chi connectivity index (χ0v) is 11.9. The molecule has 1 rings (SSSR count). The van der Waals surface area contributed by atoms with Gasteiger partial charge in [-0.25, -0.2) is 0 Å². The number of carbonyl (C=O) groups excluding carboxylic acids is 1. The molecule has 1 unspecified atom stereocenters. The van der Waals surface area contributed by atoms with Crippen LogP contribution < -0.4 is 34.7 Å². The quantitative estimate of drug-likeness (QED) is 0.637.